The second-order valence-corrected chi connectivity index (χ2v) is 6.23. The van der Waals surface area contributed by atoms with Crippen molar-refractivity contribution in [2.75, 3.05) is 32.6 Å². The molecular weight excluding hydrogens is 338 g/mol. The first-order valence-corrected chi connectivity index (χ1v) is 9.17. The Balaban J connectivity index is 1.77. The van der Waals surface area contributed by atoms with Gasteiger partial charge in [-0.05, 0) is 42.8 Å². The number of amides is 1. The van der Waals surface area contributed by atoms with Gasteiger partial charge in [0.15, 0.2) is 0 Å². The minimum Gasteiger partial charge on any atom is -0.497 e. The first kappa shape index (κ1) is 19.2. The van der Waals surface area contributed by atoms with Crippen molar-refractivity contribution in [3.63, 3.8) is 0 Å². The first-order chi connectivity index (χ1) is 12.2. The number of ether oxygens (including phenoxy) is 2. The summed E-state index contributed by atoms with van der Waals surface area (Å²) in [6.45, 7) is 3.85. The molecule has 0 unspecified atom stereocenters. The number of carbonyl (C=O) groups excluding carboxylic acids is 1. The minimum atomic E-state index is -0.0360. The van der Waals surface area contributed by atoms with E-state index in [0.717, 1.165) is 35.1 Å². The monoisotopic (exact) mass is 361 g/mol. The fourth-order valence-electron chi connectivity index (χ4n) is 2.01. The summed E-state index contributed by atoms with van der Waals surface area (Å²) in [6, 6.07) is 11.4. The fourth-order valence-corrected chi connectivity index (χ4v) is 2.66. The highest BCUT2D eigenvalue weighted by molar-refractivity contribution is 7.99. The number of nitrogens with one attached hydrogen (secondary N) is 1. The van der Waals surface area contributed by atoms with Crippen LogP contribution in [0.2, 0.25) is 0 Å². The highest BCUT2D eigenvalue weighted by Gasteiger charge is 2.05. The van der Waals surface area contributed by atoms with Crippen LogP contribution in [0.4, 0.5) is 0 Å². The summed E-state index contributed by atoms with van der Waals surface area (Å²) < 4.78 is 10.5. The predicted octanol–water partition coefficient (Wildman–Crippen LogP) is 2.79. The van der Waals surface area contributed by atoms with Crippen LogP contribution < -0.4 is 10.1 Å². The van der Waals surface area contributed by atoms with E-state index in [9.17, 15) is 4.79 Å². The second-order valence-electron chi connectivity index (χ2n) is 5.24. The van der Waals surface area contributed by atoms with E-state index >= 15 is 0 Å². The zero-order valence-electron chi connectivity index (χ0n) is 14.5. The van der Waals surface area contributed by atoms with Crippen molar-refractivity contribution < 1.29 is 14.3 Å². The minimum absolute atomic E-state index is 0.0360. The third kappa shape index (κ3) is 6.72. The lowest BCUT2D eigenvalue weighted by atomic mass is 10.1. The molecule has 2 rings (SSSR count). The van der Waals surface area contributed by atoms with Gasteiger partial charge in [0.25, 0.3) is 0 Å². The summed E-state index contributed by atoms with van der Waals surface area (Å²) >= 11 is 1.36. The molecule has 0 saturated heterocycles. The number of nitrogens with zero attached hydrogens (tertiary/aromatic N) is 2. The Morgan fingerprint density at radius 1 is 1.12 bits per heavy atom. The van der Waals surface area contributed by atoms with E-state index in [1.54, 1.807) is 7.11 Å². The normalized spacial score (nSPS) is 10.5. The first-order valence-electron chi connectivity index (χ1n) is 8.18. The molecule has 134 valence electrons. The van der Waals surface area contributed by atoms with Crippen molar-refractivity contribution in [1.82, 2.24) is 15.5 Å². The zero-order chi connectivity index (χ0) is 17.9. The standard InChI is InChI=1S/C18H23N3O3S/c1-3-11-24-12-10-19-17(22)13-25-18-9-8-16(20-21-18)14-4-6-15(23-2)7-5-14/h4-9H,3,10-13H2,1-2H3,(H,19,22). The Bertz CT molecular complexity index is 648. The number of hydrogen-bond donors (Lipinski definition) is 1. The van der Waals surface area contributed by atoms with Crippen molar-refractivity contribution in [2.24, 2.45) is 0 Å². The summed E-state index contributed by atoms with van der Waals surface area (Å²) in [7, 11) is 1.63. The van der Waals surface area contributed by atoms with Crippen LogP contribution in [0.3, 0.4) is 0 Å². The fraction of sp³-hybridized carbons (Fsp3) is 0.389. The van der Waals surface area contributed by atoms with Crippen LogP contribution in [0, 0.1) is 0 Å². The Labute approximate surface area is 152 Å². The number of thioether (sulfide) groups is 1. The summed E-state index contributed by atoms with van der Waals surface area (Å²) in [6.07, 6.45) is 0.981. The summed E-state index contributed by atoms with van der Waals surface area (Å²) in [5.74, 6) is 1.07. The Morgan fingerprint density at radius 3 is 2.56 bits per heavy atom. The molecule has 2 aromatic rings. The summed E-state index contributed by atoms with van der Waals surface area (Å²) in [4.78, 5) is 11.8. The summed E-state index contributed by atoms with van der Waals surface area (Å²) in [5, 5.41) is 11.9. The number of rotatable bonds is 10. The summed E-state index contributed by atoms with van der Waals surface area (Å²) in [5.41, 5.74) is 1.75. The van der Waals surface area contributed by atoms with E-state index < -0.39 is 0 Å². The molecule has 1 N–H and O–H groups in total. The number of aromatic nitrogens is 2. The topological polar surface area (TPSA) is 73.3 Å². The molecule has 6 nitrogen and oxygen atoms in total. The molecule has 0 atom stereocenters. The van der Waals surface area contributed by atoms with Gasteiger partial charge in [-0.15, -0.1) is 10.2 Å². The van der Waals surface area contributed by atoms with Gasteiger partial charge < -0.3 is 14.8 Å². The molecule has 0 radical (unpaired) electrons. The van der Waals surface area contributed by atoms with Crippen LogP contribution in [0.5, 0.6) is 5.75 Å². The maximum absolute atomic E-state index is 11.8. The predicted molar refractivity (Wildman–Crippen MR) is 98.9 cm³/mol. The Kier molecular flexibility index (Phi) is 8.21. The highest BCUT2D eigenvalue weighted by atomic mass is 32.2. The van der Waals surface area contributed by atoms with Crippen molar-refractivity contribution >= 4 is 17.7 Å². The average Bonchev–Trinajstić information content (AvgIpc) is 2.67. The van der Waals surface area contributed by atoms with E-state index in [1.807, 2.05) is 36.4 Å². The van der Waals surface area contributed by atoms with Gasteiger partial charge in [0.1, 0.15) is 10.8 Å². The lowest BCUT2D eigenvalue weighted by Gasteiger charge is -2.06. The van der Waals surface area contributed by atoms with Crippen molar-refractivity contribution in [1.29, 1.82) is 0 Å². The molecule has 1 amide bonds. The van der Waals surface area contributed by atoms with Crippen LogP contribution in [0.1, 0.15) is 13.3 Å². The molecule has 0 saturated carbocycles. The molecule has 0 fully saturated rings. The van der Waals surface area contributed by atoms with Gasteiger partial charge >= 0.3 is 0 Å². The van der Waals surface area contributed by atoms with Crippen molar-refractivity contribution in [2.45, 2.75) is 18.4 Å². The Morgan fingerprint density at radius 2 is 1.92 bits per heavy atom. The molecule has 1 aromatic heterocycles. The smallest absolute Gasteiger partial charge is 0.230 e. The van der Waals surface area contributed by atoms with Gasteiger partial charge in [0.05, 0.1) is 25.2 Å². The van der Waals surface area contributed by atoms with E-state index in [2.05, 4.69) is 22.4 Å². The number of methoxy groups -OCH3 is 1. The van der Waals surface area contributed by atoms with E-state index in [-0.39, 0.29) is 5.91 Å². The van der Waals surface area contributed by atoms with Gasteiger partial charge in [-0.25, -0.2) is 0 Å². The van der Waals surface area contributed by atoms with Crippen LogP contribution in [-0.4, -0.2) is 48.7 Å². The van der Waals surface area contributed by atoms with Crippen LogP contribution >= 0.6 is 11.8 Å². The molecule has 0 aliphatic carbocycles. The quantitative estimate of drug-likeness (QED) is 0.518. The van der Waals surface area contributed by atoms with Crippen LogP contribution in [0.25, 0.3) is 11.3 Å². The third-order valence-corrected chi connectivity index (χ3v) is 4.21. The van der Waals surface area contributed by atoms with Gasteiger partial charge in [-0.3, -0.25) is 4.79 Å². The lowest BCUT2D eigenvalue weighted by molar-refractivity contribution is -0.118. The van der Waals surface area contributed by atoms with Gasteiger partial charge in [-0.2, -0.15) is 0 Å². The SMILES string of the molecule is CCCOCCNC(=O)CSc1ccc(-c2ccc(OC)cc2)nn1. The molecule has 25 heavy (non-hydrogen) atoms. The van der Waals surface area contributed by atoms with Crippen LogP contribution in [-0.2, 0) is 9.53 Å². The molecule has 0 aliphatic rings. The number of hydrogen-bond acceptors (Lipinski definition) is 6. The van der Waals surface area contributed by atoms with Crippen LogP contribution in [0.15, 0.2) is 41.4 Å². The van der Waals surface area contributed by atoms with E-state index in [1.165, 1.54) is 11.8 Å². The zero-order valence-corrected chi connectivity index (χ0v) is 15.3. The maximum Gasteiger partial charge on any atom is 0.230 e. The van der Waals surface area contributed by atoms with E-state index in [4.69, 9.17) is 9.47 Å². The van der Waals surface area contributed by atoms with Crippen molar-refractivity contribution in [3.05, 3.63) is 36.4 Å². The second kappa shape index (κ2) is 10.7. The van der Waals surface area contributed by atoms with Gasteiger partial charge in [0, 0.05) is 18.7 Å². The van der Waals surface area contributed by atoms with Crippen molar-refractivity contribution in [3.8, 4) is 17.0 Å². The largest absolute Gasteiger partial charge is 0.497 e. The number of benzene rings is 1. The lowest BCUT2D eigenvalue weighted by Crippen LogP contribution is -2.28. The van der Waals surface area contributed by atoms with E-state index in [0.29, 0.717) is 18.9 Å². The molecular formula is C18H23N3O3S. The molecule has 0 bridgehead atoms. The molecule has 0 spiro atoms. The molecule has 1 heterocycles. The maximum atomic E-state index is 11.8. The van der Waals surface area contributed by atoms with Gasteiger partial charge in [-0.1, -0.05) is 18.7 Å². The number of carbonyl (C=O) groups is 1. The molecule has 1 aromatic carbocycles. The highest BCUT2D eigenvalue weighted by Crippen LogP contribution is 2.22. The average molecular weight is 361 g/mol. The Hall–Kier alpha value is -2.12. The molecule has 7 heteroatoms. The molecule has 0 aliphatic heterocycles. The third-order valence-electron chi connectivity index (χ3n) is 3.29. The van der Waals surface area contributed by atoms with Gasteiger partial charge in [0.2, 0.25) is 5.91 Å².